The van der Waals surface area contributed by atoms with Crippen LogP contribution in [0.5, 0.6) is 0 Å². The third-order valence-corrected chi connectivity index (χ3v) is 4.59. The van der Waals surface area contributed by atoms with Crippen LogP contribution in [-0.4, -0.2) is 21.3 Å². The van der Waals surface area contributed by atoms with Gasteiger partial charge in [-0.3, -0.25) is 9.20 Å². The average molecular weight is 299 g/mol. The first-order valence-corrected chi connectivity index (χ1v) is 8.47. The summed E-state index contributed by atoms with van der Waals surface area (Å²) >= 11 is 0. The molecule has 0 bridgehead atoms. The van der Waals surface area contributed by atoms with E-state index in [1.807, 2.05) is 29.7 Å². The first kappa shape index (κ1) is 15.1. The number of aryl methyl sites for hydroxylation is 2. The Kier molecular flexibility index (Phi) is 4.46. The molecule has 0 unspecified atom stereocenters. The predicted octanol–water partition coefficient (Wildman–Crippen LogP) is 3.66. The van der Waals surface area contributed by atoms with Crippen LogP contribution in [0.1, 0.15) is 67.2 Å². The highest BCUT2D eigenvalue weighted by molar-refractivity contribution is 5.95. The van der Waals surface area contributed by atoms with Crippen LogP contribution < -0.4 is 5.32 Å². The SMILES string of the molecule is CCc1nc2cc(C)ccn2c1C(=O)NC1CCCCCC1. The Morgan fingerprint density at radius 2 is 2.05 bits per heavy atom. The van der Waals surface area contributed by atoms with Gasteiger partial charge in [0.2, 0.25) is 0 Å². The molecule has 0 aliphatic heterocycles. The van der Waals surface area contributed by atoms with Crippen molar-refractivity contribution in [2.45, 2.75) is 64.8 Å². The summed E-state index contributed by atoms with van der Waals surface area (Å²) in [6, 6.07) is 4.37. The van der Waals surface area contributed by atoms with E-state index in [1.54, 1.807) is 0 Å². The van der Waals surface area contributed by atoms with Crippen molar-refractivity contribution in [3.8, 4) is 0 Å². The van der Waals surface area contributed by atoms with Gasteiger partial charge in [0.25, 0.3) is 5.91 Å². The van der Waals surface area contributed by atoms with Gasteiger partial charge in [0, 0.05) is 12.2 Å². The summed E-state index contributed by atoms with van der Waals surface area (Å²) in [5.74, 6) is 0.0279. The maximum Gasteiger partial charge on any atom is 0.270 e. The Labute approximate surface area is 131 Å². The molecule has 2 aromatic heterocycles. The molecule has 0 aromatic carbocycles. The summed E-state index contributed by atoms with van der Waals surface area (Å²) in [5, 5.41) is 3.24. The minimum Gasteiger partial charge on any atom is -0.348 e. The molecule has 4 nitrogen and oxygen atoms in total. The Hall–Kier alpha value is -1.84. The van der Waals surface area contributed by atoms with Crippen molar-refractivity contribution in [1.29, 1.82) is 0 Å². The van der Waals surface area contributed by atoms with E-state index in [-0.39, 0.29) is 5.91 Å². The van der Waals surface area contributed by atoms with E-state index >= 15 is 0 Å². The second kappa shape index (κ2) is 6.51. The number of imidazole rings is 1. The van der Waals surface area contributed by atoms with Crippen LogP contribution in [0, 0.1) is 6.92 Å². The Morgan fingerprint density at radius 3 is 2.73 bits per heavy atom. The molecule has 1 aliphatic rings. The van der Waals surface area contributed by atoms with E-state index in [0.717, 1.165) is 36.2 Å². The Balaban J connectivity index is 1.89. The molecule has 0 atom stereocenters. The minimum atomic E-state index is 0.0279. The smallest absolute Gasteiger partial charge is 0.270 e. The predicted molar refractivity (Wildman–Crippen MR) is 88.3 cm³/mol. The fraction of sp³-hybridized carbons (Fsp3) is 0.556. The van der Waals surface area contributed by atoms with Crippen molar-refractivity contribution in [3.63, 3.8) is 0 Å². The number of carbonyl (C=O) groups is 1. The maximum atomic E-state index is 12.8. The van der Waals surface area contributed by atoms with Crippen LogP contribution in [0.4, 0.5) is 0 Å². The summed E-state index contributed by atoms with van der Waals surface area (Å²) < 4.78 is 1.93. The van der Waals surface area contributed by atoms with Crippen LogP contribution >= 0.6 is 0 Å². The first-order valence-electron chi connectivity index (χ1n) is 8.47. The minimum absolute atomic E-state index is 0.0279. The monoisotopic (exact) mass is 299 g/mol. The van der Waals surface area contributed by atoms with E-state index in [2.05, 4.69) is 17.2 Å². The lowest BCUT2D eigenvalue weighted by Gasteiger charge is -2.16. The number of hydrogen-bond acceptors (Lipinski definition) is 2. The zero-order chi connectivity index (χ0) is 15.5. The van der Waals surface area contributed by atoms with Crippen LogP contribution in [0.15, 0.2) is 18.3 Å². The molecule has 1 N–H and O–H groups in total. The highest BCUT2D eigenvalue weighted by Gasteiger charge is 2.21. The summed E-state index contributed by atoms with van der Waals surface area (Å²) in [4.78, 5) is 17.4. The molecule has 4 heteroatoms. The van der Waals surface area contributed by atoms with Gasteiger partial charge >= 0.3 is 0 Å². The second-order valence-corrected chi connectivity index (χ2v) is 6.35. The number of nitrogens with one attached hydrogen (secondary N) is 1. The Bertz CT molecular complexity index is 666. The molecular weight excluding hydrogens is 274 g/mol. The van der Waals surface area contributed by atoms with Crippen molar-refractivity contribution in [2.24, 2.45) is 0 Å². The van der Waals surface area contributed by atoms with Crippen LogP contribution in [0.3, 0.4) is 0 Å². The highest BCUT2D eigenvalue weighted by atomic mass is 16.2. The molecule has 1 amide bonds. The van der Waals surface area contributed by atoms with Gasteiger partial charge in [-0.05, 0) is 43.9 Å². The third kappa shape index (κ3) is 3.01. The molecule has 118 valence electrons. The summed E-state index contributed by atoms with van der Waals surface area (Å²) in [5.41, 5.74) is 3.62. The van der Waals surface area contributed by atoms with Crippen molar-refractivity contribution in [2.75, 3.05) is 0 Å². The molecule has 0 saturated heterocycles. The van der Waals surface area contributed by atoms with E-state index in [4.69, 9.17) is 0 Å². The fourth-order valence-electron chi connectivity index (χ4n) is 3.36. The normalized spacial score (nSPS) is 16.6. The van der Waals surface area contributed by atoms with Crippen molar-refractivity contribution < 1.29 is 4.79 Å². The van der Waals surface area contributed by atoms with Crippen molar-refractivity contribution in [1.82, 2.24) is 14.7 Å². The van der Waals surface area contributed by atoms with Gasteiger partial charge in [-0.1, -0.05) is 32.6 Å². The van der Waals surface area contributed by atoms with Crippen LogP contribution in [-0.2, 0) is 6.42 Å². The molecule has 0 spiro atoms. The maximum absolute atomic E-state index is 12.8. The molecule has 1 saturated carbocycles. The number of carbonyl (C=O) groups excluding carboxylic acids is 1. The van der Waals surface area contributed by atoms with Crippen molar-refractivity contribution in [3.05, 3.63) is 35.3 Å². The first-order chi connectivity index (χ1) is 10.7. The van der Waals surface area contributed by atoms with E-state index < -0.39 is 0 Å². The number of rotatable bonds is 3. The van der Waals surface area contributed by atoms with E-state index in [9.17, 15) is 4.79 Å². The molecule has 3 rings (SSSR count). The zero-order valence-electron chi connectivity index (χ0n) is 13.6. The number of pyridine rings is 1. The number of amides is 1. The number of hydrogen-bond donors (Lipinski definition) is 1. The largest absolute Gasteiger partial charge is 0.348 e. The molecule has 2 aromatic rings. The molecule has 22 heavy (non-hydrogen) atoms. The summed E-state index contributed by atoms with van der Waals surface area (Å²) in [7, 11) is 0. The molecule has 0 radical (unpaired) electrons. The number of aromatic nitrogens is 2. The summed E-state index contributed by atoms with van der Waals surface area (Å²) in [6.45, 7) is 4.10. The van der Waals surface area contributed by atoms with Crippen molar-refractivity contribution >= 4 is 11.6 Å². The van der Waals surface area contributed by atoms with Gasteiger partial charge in [0.1, 0.15) is 11.3 Å². The van der Waals surface area contributed by atoms with Gasteiger partial charge in [0.15, 0.2) is 0 Å². The highest BCUT2D eigenvalue weighted by Crippen LogP contribution is 2.19. The fourth-order valence-corrected chi connectivity index (χ4v) is 3.36. The number of fused-ring (bicyclic) bond motifs is 1. The lowest BCUT2D eigenvalue weighted by atomic mass is 10.1. The second-order valence-electron chi connectivity index (χ2n) is 6.35. The zero-order valence-corrected chi connectivity index (χ0v) is 13.6. The van der Waals surface area contributed by atoms with Crippen LogP contribution in [0.25, 0.3) is 5.65 Å². The molecular formula is C18H25N3O. The number of nitrogens with zero attached hydrogens (tertiary/aromatic N) is 2. The van der Waals surface area contributed by atoms with E-state index in [1.165, 1.54) is 25.7 Å². The summed E-state index contributed by atoms with van der Waals surface area (Å²) in [6.07, 6.45) is 9.96. The third-order valence-electron chi connectivity index (χ3n) is 4.59. The van der Waals surface area contributed by atoms with Gasteiger partial charge in [0.05, 0.1) is 5.69 Å². The van der Waals surface area contributed by atoms with Gasteiger partial charge in [-0.15, -0.1) is 0 Å². The van der Waals surface area contributed by atoms with Gasteiger partial charge in [-0.2, -0.15) is 0 Å². The van der Waals surface area contributed by atoms with Crippen LogP contribution in [0.2, 0.25) is 0 Å². The average Bonchev–Trinajstić information content (AvgIpc) is 2.67. The van der Waals surface area contributed by atoms with Gasteiger partial charge < -0.3 is 5.32 Å². The molecule has 2 heterocycles. The lowest BCUT2D eigenvalue weighted by molar-refractivity contribution is 0.0926. The van der Waals surface area contributed by atoms with E-state index in [0.29, 0.717) is 11.7 Å². The van der Waals surface area contributed by atoms with Gasteiger partial charge in [-0.25, -0.2) is 4.98 Å². The Morgan fingerprint density at radius 1 is 1.32 bits per heavy atom. The standard InChI is InChI=1S/C18H25N3O/c1-3-15-17(21-11-10-13(2)12-16(21)20-15)18(22)19-14-8-6-4-5-7-9-14/h10-12,14H,3-9H2,1-2H3,(H,19,22). The lowest BCUT2D eigenvalue weighted by Crippen LogP contribution is -2.35. The molecule has 1 aliphatic carbocycles. The quantitative estimate of drug-likeness (QED) is 0.879. The topological polar surface area (TPSA) is 46.4 Å². The molecule has 1 fully saturated rings.